The molecule has 0 aliphatic carbocycles. The van der Waals surface area contributed by atoms with E-state index in [0.29, 0.717) is 0 Å². The van der Waals surface area contributed by atoms with Crippen LogP contribution in [-0.4, -0.2) is 8.07 Å². The van der Waals surface area contributed by atoms with E-state index < -0.39 is 26.7 Å². The third kappa shape index (κ3) is 4.92. The van der Waals surface area contributed by atoms with Gasteiger partial charge in [-0.3, -0.25) is 0 Å². The molecule has 0 fully saturated rings. The van der Waals surface area contributed by atoms with Crippen LogP contribution in [-0.2, 0) is 13.4 Å². The molecule has 30 heavy (non-hydrogen) atoms. The Balaban J connectivity index is 2.37. The van der Waals surface area contributed by atoms with Crippen LogP contribution in [0.15, 0.2) is 54.7 Å². The molecule has 158 valence electrons. The van der Waals surface area contributed by atoms with Crippen LogP contribution in [0.4, 0.5) is 0 Å². The number of hydrogen-bond donors (Lipinski definition) is 0. The minimum absolute atomic E-state index is 0.0699. The van der Waals surface area contributed by atoms with Gasteiger partial charge in [0, 0.05) is 24.0 Å². The third-order valence-electron chi connectivity index (χ3n) is 5.32. The lowest BCUT2D eigenvalue weighted by atomic mass is 9.86. The van der Waals surface area contributed by atoms with E-state index in [1.165, 1.54) is 10.8 Å². The van der Waals surface area contributed by atoms with Crippen molar-refractivity contribution in [2.75, 3.05) is 0 Å². The fourth-order valence-corrected chi connectivity index (χ4v) is 5.56. The largest absolute Gasteiger partial charge is 0.212 e. The number of aromatic nitrogens is 1. The second-order valence-electron chi connectivity index (χ2n) is 10.3. The summed E-state index contributed by atoms with van der Waals surface area (Å²) in [6, 6.07) is 16.5. The zero-order valence-electron chi connectivity index (χ0n) is 24.6. The van der Waals surface area contributed by atoms with Crippen LogP contribution in [0, 0.1) is 19.2 Å². The van der Waals surface area contributed by atoms with E-state index in [-0.39, 0.29) is 11.1 Å². The Morgan fingerprint density at radius 2 is 1.63 bits per heavy atom. The smallest absolute Gasteiger partial charge is 0.201 e. The van der Waals surface area contributed by atoms with Crippen LogP contribution in [0.1, 0.15) is 44.3 Å². The van der Waals surface area contributed by atoms with Crippen LogP contribution in [0.25, 0.3) is 22.4 Å². The van der Waals surface area contributed by atoms with Crippen molar-refractivity contribution in [1.29, 1.82) is 0 Å². The molecule has 2 aromatic carbocycles. The van der Waals surface area contributed by atoms with Crippen molar-refractivity contribution in [1.82, 2.24) is 0 Å². The number of rotatable bonds is 4. The molecule has 1 nitrogen and oxygen atoms in total. The molecule has 0 N–H and O–H groups in total. The van der Waals surface area contributed by atoms with Gasteiger partial charge in [-0.1, -0.05) is 82.0 Å². The fraction of sp³-hybridized carbons (Fsp3) is 0.393. The van der Waals surface area contributed by atoms with Gasteiger partial charge in [-0.05, 0) is 53.9 Å². The summed E-state index contributed by atoms with van der Waals surface area (Å²) in [6.07, 6.45) is -0.144. The highest BCUT2D eigenvalue weighted by atomic mass is 28.3. The minimum Gasteiger partial charge on any atom is -0.201 e. The Hall–Kier alpha value is -2.19. The average Bonchev–Trinajstić information content (AvgIpc) is 2.72. The molecule has 0 amide bonds. The Morgan fingerprint density at radius 3 is 2.20 bits per heavy atom. The summed E-state index contributed by atoms with van der Waals surface area (Å²) in [5, 5.41) is 1.37. The molecular weight excluding hydrogens is 378 g/mol. The summed E-state index contributed by atoms with van der Waals surface area (Å²) in [4.78, 5) is 0. The van der Waals surface area contributed by atoms with Crippen molar-refractivity contribution < 1.29 is 11.4 Å². The first-order valence-electron chi connectivity index (χ1n) is 13.1. The molecule has 0 saturated carbocycles. The van der Waals surface area contributed by atoms with Gasteiger partial charge < -0.3 is 0 Å². The second kappa shape index (κ2) is 8.15. The maximum absolute atomic E-state index is 8.80. The van der Waals surface area contributed by atoms with Gasteiger partial charge in [0.1, 0.15) is 7.05 Å². The predicted octanol–water partition coefficient (Wildman–Crippen LogP) is 6.60. The molecular formula is C28H38NSi+. The second-order valence-corrected chi connectivity index (χ2v) is 15.3. The molecule has 1 heterocycles. The van der Waals surface area contributed by atoms with E-state index in [2.05, 4.69) is 50.8 Å². The molecule has 2 heteroatoms. The van der Waals surface area contributed by atoms with Crippen LogP contribution in [0.2, 0.25) is 19.6 Å². The highest BCUT2D eigenvalue weighted by Gasteiger charge is 2.25. The van der Waals surface area contributed by atoms with E-state index in [9.17, 15) is 0 Å². The maximum atomic E-state index is 8.80. The highest BCUT2D eigenvalue weighted by molar-refractivity contribution is 6.89. The first-order chi connectivity index (χ1) is 15.9. The Morgan fingerprint density at radius 1 is 0.967 bits per heavy atom. The zero-order chi connectivity index (χ0) is 26.6. The Kier molecular flexibility index (Phi) is 4.48. The Bertz CT molecular complexity index is 1230. The summed E-state index contributed by atoms with van der Waals surface area (Å²) in [5.74, 6) is 0. The molecule has 0 radical (unpaired) electrons. The zero-order valence-corrected chi connectivity index (χ0v) is 20.6. The maximum Gasteiger partial charge on any atom is 0.212 e. The lowest BCUT2D eigenvalue weighted by Gasteiger charge is -2.24. The molecule has 0 saturated heterocycles. The molecule has 3 aromatic rings. The van der Waals surface area contributed by atoms with E-state index in [0.717, 1.165) is 22.4 Å². The molecule has 3 rings (SSSR count). The summed E-state index contributed by atoms with van der Waals surface area (Å²) in [6.45, 7) is 12.1. The average molecular weight is 422 g/mol. The van der Waals surface area contributed by atoms with Crippen molar-refractivity contribution in [2.45, 2.75) is 60.6 Å². The van der Waals surface area contributed by atoms with Crippen LogP contribution < -0.4 is 9.75 Å². The number of nitrogens with zero attached hydrogens (tertiary/aromatic N) is 1. The van der Waals surface area contributed by atoms with Gasteiger partial charge in [0.2, 0.25) is 5.69 Å². The molecule has 0 spiro atoms. The van der Waals surface area contributed by atoms with Crippen molar-refractivity contribution in [3.8, 4) is 22.4 Å². The molecule has 0 aliphatic rings. The lowest BCUT2D eigenvalue weighted by molar-refractivity contribution is -0.660. The van der Waals surface area contributed by atoms with Crippen molar-refractivity contribution >= 4 is 13.3 Å². The van der Waals surface area contributed by atoms with Gasteiger partial charge in [-0.25, -0.2) is 4.57 Å². The SMILES string of the molecule is [2H]C([2H])([2H])c1cc(-c2cc(-c3ccccc3)c([Si](C)(C)C)cc2C)[n+](C)cc1C([2H])([2H])C(C)(C)C. The highest BCUT2D eigenvalue weighted by Crippen LogP contribution is 2.30. The summed E-state index contributed by atoms with van der Waals surface area (Å²) in [5.41, 5.74) is 4.65. The summed E-state index contributed by atoms with van der Waals surface area (Å²) < 4.78 is 44.2. The lowest BCUT2D eigenvalue weighted by Crippen LogP contribution is -2.39. The van der Waals surface area contributed by atoms with Gasteiger partial charge >= 0.3 is 0 Å². The van der Waals surface area contributed by atoms with Crippen molar-refractivity contribution in [2.24, 2.45) is 12.5 Å². The normalized spacial score (nSPS) is 15.7. The Labute approximate surface area is 191 Å². The molecule has 0 atom stereocenters. The van der Waals surface area contributed by atoms with E-state index in [1.807, 2.05) is 29.8 Å². The van der Waals surface area contributed by atoms with E-state index >= 15 is 0 Å². The summed E-state index contributed by atoms with van der Waals surface area (Å²) in [7, 11) is 0.198. The third-order valence-corrected chi connectivity index (χ3v) is 7.35. The number of aryl methyl sites for hydroxylation is 3. The van der Waals surface area contributed by atoms with Gasteiger partial charge in [0.15, 0.2) is 6.20 Å². The van der Waals surface area contributed by atoms with Crippen LogP contribution in [0.5, 0.6) is 0 Å². The van der Waals surface area contributed by atoms with E-state index in [4.69, 9.17) is 6.85 Å². The summed E-state index contributed by atoms with van der Waals surface area (Å²) >= 11 is 0. The quantitative estimate of drug-likeness (QED) is 0.330. The minimum atomic E-state index is -2.44. The van der Waals surface area contributed by atoms with Gasteiger partial charge in [-0.15, -0.1) is 0 Å². The first-order valence-corrected chi connectivity index (χ1v) is 14.1. The number of hydrogen-bond acceptors (Lipinski definition) is 0. The van der Waals surface area contributed by atoms with Crippen LogP contribution >= 0.6 is 0 Å². The van der Waals surface area contributed by atoms with Gasteiger partial charge in [0.25, 0.3) is 0 Å². The topological polar surface area (TPSA) is 3.88 Å². The molecule has 0 unspecified atom stereocenters. The number of benzene rings is 2. The fourth-order valence-electron chi connectivity index (χ4n) is 3.88. The van der Waals surface area contributed by atoms with Gasteiger partial charge in [0.05, 0.1) is 8.07 Å². The number of pyridine rings is 1. The molecule has 1 aromatic heterocycles. The van der Waals surface area contributed by atoms with Crippen molar-refractivity contribution in [3.05, 3.63) is 71.4 Å². The standard InChI is InChI=1S/C28H38NSi/c1-20-15-26(29(6)19-23(20)18-28(3,4)5)24-17-25(22-13-11-10-12-14-22)27(16-21(24)2)30(7,8)9/h10-17,19H,18H2,1-9H3/q+1/i1D3,18D2. The molecule has 0 aliphatic heterocycles. The van der Waals surface area contributed by atoms with Gasteiger partial charge in [-0.2, -0.15) is 0 Å². The van der Waals surface area contributed by atoms with Crippen LogP contribution in [0.3, 0.4) is 0 Å². The molecule has 0 bridgehead atoms. The first kappa shape index (κ1) is 16.5. The van der Waals surface area contributed by atoms with Crippen molar-refractivity contribution in [3.63, 3.8) is 0 Å². The van der Waals surface area contributed by atoms with E-state index in [1.54, 1.807) is 33.0 Å². The predicted molar refractivity (Wildman–Crippen MR) is 134 cm³/mol. The monoisotopic (exact) mass is 421 g/mol.